The Morgan fingerprint density at radius 1 is 1.17 bits per heavy atom. The van der Waals surface area contributed by atoms with Crippen molar-refractivity contribution < 1.29 is 19.0 Å². The summed E-state index contributed by atoms with van der Waals surface area (Å²) in [6.07, 6.45) is 1.46. The van der Waals surface area contributed by atoms with E-state index >= 15 is 0 Å². The van der Waals surface area contributed by atoms with E-state index in [-0.39, 0.29) is 5.97 Å². The van der Waals surface area contributed by atoms with E-state index in [1.165, 1.54) is 6.08 Å². The van der Waals surface area contributed by atoms with E-state index in [1.807, 2.05) is 19.1 Å². The van der Waals surface area contributed by atoms with E-state index < -0.39 is 0 Å². The van der Waals surface area contributed by atoms with Crippen LogP contribution in [0.4, 0.5) is 0 Å². The molecule has 18 heavy (non-hydrogen) atoms. The number of allylic oxidation sites excluding steroid dienone is 1. The van der Waals surface area contributed by atoms with E-state index in [0.717, 1.165) is 11.1 Å². The summed E-state index contributed by atoms with van der Waals surface area (Å²) < 4.78 is 15.2. The molecule has 1 rings (SSSR count). The molecule has 0 aliphatic rings. The Balaban J connectivity index is 3.04. The Morgan fingerprint density at radius 3 is 2.17 bits per heavy atom. The number of hydrogen-bond donors (Lipinski definition) is 0. The minimum atomic E-state index is -0.350. The van der Waals surface area contributed by atoms with Crippen LogP contribution in [-0.2, 0) is 9.53 Å². The third kappa shape index (κ3) is 3.80. The van der Waals surface area contributed by atoms with Gasteiger partial charge in [0, 0.05) is 12.1 Å². The highest BCUT2D eigenvalue weighted by Gasteiger charge is 2.05. The van der Waals surface area contributed by atoms with Gasteiger partial charge in [0.1, 0.15) is 11.5 Å². The van der Waals surface area contributed by atoms with Gasteiger partial charge in [-0.2, -0.15) is 0 Å². The summed E-state index contributed by atoms with van der Waals surface area (Å²) in [6, 6.07) is 5.46. The predicted octanol–water partition coefficient (Wildman–Crippen LogP) is 2.67. The third-order valence-electron chi connectivity index (χ3n) is 2.43. The molecule has 0 bridgehead atoms. The van der Waals surface area contributed by atoms with Gasteiger partial charge in [-0.3, -0.25) is 0 Å². The van der Waals surface area contributed by atoms with Crippen molar-refractivity contribution in [2.24, 2.45) is 0 Å². The van der Waals surface area contributed by atoms with Crippen molar-refractivity contribution in [3.05, 3.63) is 29.8 Å². The molecule has 0 atom stereocenters. The van der Waals surface area contributed by atoms with Gasteiger partial charge in [0.05, 0.1) is 20.8 Å². The summed E-state index contributed by atoms with van der Waals surface area (Å²) in [5.41, 5.74) is 1.66. The lowest BCUT2D eigenvalue weighted by atomic mass is 10.1. The predicted molar refractivity (Wildman–Crippen MR) is 69.8 cm³/mol. The fourth-order valence-corrected chi connectivity index (χ4v) is 1.48. The van der Waals surface area contributed by atoms with E-state index in [9.17, 15) is 4.79 Å². The van der Waals surface area contributed by atoms with Crippen molar-refractivity contribution >= 4 is 11.5 Å². The molecule has 0 amide bonds. The third-order valence-corrected chi connectivity index (χ3v) is 2.43. The van der Waals surface area contributed by atoms with Gasteiger partial charge in [0.2, 0.25) is 0 Å². The SMILES string of the molecule is CCOC(=O)/C=C(/C)c1cc(OC)cc(OC)c1. The maximum absolute atomic E-state index is 11.4. The van der Waals surface area contributed by atoms with Gasteiger partial charge in [-0.05, 0) is 37.1 Å². The van der Waals surface area contributed by atoms with Crippen LogP contribution in [0, 0.1) is 0 Å². The normalized spacial score (nSPS) is 11.0. The second kappa shape index (κ2) is 6.69. The van der Waals surface area contributed by atoms with Crippen LogP contribution in [0.25, 0.3) is 5.57 Å². The maximum atomic E-state index is 11.4. The highest BCUT2D eigenvalue weighted by atomic mass is 16.5. The number of carbonyl (C=O) groups excluding carboxylic acids is 1. The second-order valence-corrected chi connectivity index (χ2v) is 3.68. The van der Waals surface area contributed by atoms with Crippen LogP contribution >= 0.6 is 0 Å². The van der Waals surface area contributed by atoms with Crippen molar-refractivity contribution in [2.75, 3.05) is 20.8 Å². The average Bonchev–Trinajstić information content (AvgIpc) is 2.38. The zero-order chi connectivity index (χ0) is 13.5. The zero-order valence-electron chi connectivity index (χ0n) is 11.1. The smallest absolute Gasteiger partial charge is 0.331 e. The Hall–Kier alpha value is -1.97. The first-order chi connectivity index (χ1) is 8.60. The van der Waals surface area contributed by atoms with E-state index in [1.54, 1.807) is 27.2 Å². The minimum absolute atomic E-state index is 0.350. The van der Waals surface area contributed by atoms with Gasteiger partial charge >= 0.3 is 5.97 Å². The average molecular weight is 250 g/mol. The summed E-state index contributed by atoms with van der Waals surface area (Å²) >= 11 is 0. The monoisotopic (exact) mass is 250 g/mol. The Morgan fingerprint density at radius 2 is 1.72 bits per heavy atom. The Kier molecular flexibility index (Phi) is 5.24. The van der Waals surface area contributed by atoms with Crippen molar-refractivity contribution in [3.8, 4) is 11.5 Å². The van der Waals surface area contributed by atoms with E-state index in [2.05, 4.69) is 0 Å². The number of ether oxygens (including phenoxy) is 3. The molecule has 98 valence electrons. The molecule has 0 saturated carbocycles. The quantitative estimate of drug-likeness (QED) is 0.595. The molecule has 0 fully saturated rings. The first kappa shape index (κ1) is 14.1. The van der Waals surface area contributed by atoms with Gasteiger partial charge in [0.15, 0.2) is 0 Å². The lowest BCUT2D eigenvalue weighted by molar-refractivity contribution is -0.137. The number of hydrogen-bond acceptors (Lipinski definition) is 4. The first-order valence-electron chi connectivity index (χ1n) is 5.69. The maximum Gasteiger partial charge on any atom is 0.331 e. The Bertz CT molecular complexity index is 427. The number of methoxy groups -OCH3 is 2. The van der Waals surface area contributed by atoms with Gasteiger partial charge < -0.3 is 14.2 Å². The molecule has 0 radical (unpaired) electrons. The molecular weight excluding hydrogens is 232 g/mol. The molecule has 0 heterocycles. The Labute approximate surface area is 107 Å². The number of esters is 1. The van der Waals surface area contributed by atoms with E-state index in [0.29, 0.717) is 18.1 Å². The van der Waals surface area contributed by atoms with Gasteiger partial charge in [0.25, 0.3) is 0 Å². The fourth-order valence-electron chi connectivity index (χ4n) is 1.48. The fraction of sp³-hybridized carbons (Fsp3) is 0.357. The molecule has 0 aliphatic carbocycles. The van der Waals surface area contributed by atoms with Crippen molar-refractivity contribution in [1.82, 2.24) is 0 Å². The molecule has 0 N–H and O–H groups in total. The largest absolute Gasteiger partial charge is 0.497 e. The lowest BCUT2D eigenvalue weighted by Gasteiger charge is -2.08. The molecule has 1 aromatic rings. The first-order valence-corrected chi connectivity index (χ1v) is 5.69. The van der Waals surface area contributed by atoms with Crippen LogP contribution in [0.2, 0.25) is 0 Å². The van der Waals surface area contributed by atoms with Crippen LogP contribution in [0.3, 0.4) is 0 Å². The molecule has 1 aromatic carbocycles. The summed E-state index contributed by atoms with van der Waals surface area (Å²) in [7, 11) is 3.17. The van der Waals surface area contributed by atoms with Gasteiger partial charge in [-0.1, -0.05) is 0 Å². The lowest BCUT2D eigenvalue weighted by Crippen LogP contribution is -2.00. The number of carbonyl (C=O) groups is 1. The van der Waals surface area contributed by atoms with Crippen LogP contribution in [0.5, 0.6) is 11.5 Å². The highest BCUT2D eigenvalue weighted by molar-refractivity contribution is 5.91. The van der Waals surface area contributed by atoms with Crippen molar-refractivity contribution in [2.45, 2.75) is 13.8 Å². The molecule has 4 heteroatoms. The molecule has 0 aromatic heterocycles. The molecule has 0 spiro atoms. The number of rotatable bonds is 5. The zero-order valence-corrected chi connectivity index (χ0v) is 11.1. The summed E-state index contributed by atoms with van der Waals surface area (Å²) in [6.45, 7) is 3.98. The molecular formula is C14H18O4. The van der Waals surface area contributed by atoms with Crippen LogP contribution in [0.15, 0.2) is 24.3 Å². The van der Waals surface area contributed by atoms with Gasteiger partial charge in [-0.15, -0.1) is 0 Å². The van der Waals surface area contributed by atoms with Crippen molar-refractivity contribution in [1.29, 1.82) is 0 Å². The summed E-state index contributed by atoms with van der Waals surface area (Å²) in [5, 5.41) is 0. The van der Waals surface area contributed by atoms with Crippen LogP contribution in [-0.4, -0.2) is 26.8 Å². The summed E-state index contributed by atoms with van der Waals surface area (Å²) in [4.78, 5) is 11.4. The van der Waals surface area contributed by atoms with E-state index in [4.69, 9.17) is 14.2 Å². The molecule has 0 aliphatic heterocycles. The highest BCUT2D eigenvalue weighted by Crippen LogP contribution is 2.26. The summed E-state index contributed by atoms with van der Waals surface area (Å²) in [5.74, 6) is 1.01. The molecule has 0 saturated heterocycles. The standard InChI is InChI=1S/C14H18O4/c1-5-18-14(15)6-10(2)11-7-12(16-3)9-13(8-11)17-4/h6-9H,5H2,1-4H3/b10-6-. The van der Waals surface area contributed by atoms with Crippen molar-refractivity contribution in [3.63, 3.8) is 0 Å². The minimum Gasteiger partial charge on any atom is -0.497 e. The van der Waals surface area contributed by atoms with Crippen LogP contribution in [0.1, 0.15) is 19.4 Å². The topological polar surface area (TPSA) is 44.8 Å². The van der Waals surface area contributed by atoms with Gasteiger partial charge in [-0.25, -0.2) is 4.79 Å². The second-order valence-electron chi connectivity index (χ2n) is 3.68. The molecule has 0 unspecified atom stereocenters. The molecule has 4 nitrogen and oxygen atoms in total. The number of benzene rings is 1. The van der Waals surface area contributed by atoms with Crippen LogP contribution < -0.4 is 9.47 Å².